The van der Waals surface area contributed by atoms with E-state index in [1.165, 1.54) is 0 Å². The molecule has 0 aliphatic carbocycles. The van der Waals surface area contributed by atoms with E-state index >= 15 is 0 Å². The molecule has 0 aliphatic rings. The zero-order valence-corrected chi connectivity index (χ0v) is 12.3. The normalized spacial score (nSPS) is 9.90. The molecule has 0 saturated heterocycles. The van der Waals surface area contributed by atoms with Gasteiger partial charge in [-0.25, -0.2) is 0 Å². The fourth-order valence-corrected chi connectivity index (χ4v) is 2.23. The molecule has 0 amide bonds. The molecule has 20 heavy (non-hydrogen) atoms. The number of nitrogens with one attached hydrogen (secondary N) is 1. The zero-order chi connectivity index (χ0) is 14.5. The molecule has 2 rings (SSSR count). The van der Waals surface area contributed by atoms with Crippen LogP contribution in [0.1, 0.15) is 11.1 Å². The molecule has 0 fully saturated rings. The van der Waals surface area contributed by atoms with Crippen molar-refractivity contribution in [2.45, 2.75) is 6.54 Å². The van der Waals surface area contributed by atoms with Crippen molar-refractivity contribution >= 4 is 28.9 Å². The maximum absolute atomic E-state index is 8.90. The number of hydrogen-bond donors (Lipinski definition) is 1. The van der Waals surface area contributed by atoms with Crippen molar-refractivity contribution < 1.29 is 4.74 Å². The number of rotatable bonds is 4. The number of hydrogen-bond acceptors (Lipinski definition) is 3. The van der Waals surface area contributed by atoms with Gasteiger partial charge in [0.15, 0.2) is 0 Å². The topological polar surface area (TPSA) is 45.0 Å². The molecule has 0 radical (unpaired) electrons. The molecule has 0 unspecified atom stereocenters. The van der Waals surface area contributed by atoms with E-state index in [1.54, 1.807) is 31.4 Å². The highest BCUT2D eigenvalue weighted by Crippen LogP contribution is 2.29. The van der Waals surface area contributed by atoms with Crippen LogP contribution >= 0.6 is 23.2 Å². The molecule has 3 nitrogen and oxygen atoms in total. The van der Waals surface area contributed by atoms with E-state index in [1.807, 2.05) is 12.1 Å². The van der Waals surface area contributed by atoms with Gasteiger partial charge in [-0.15, -0.1) is 0 Å². The first-order chi connectivity index (χ1) is 9.65. The third-order valence-electron chi connectivity index (χ3n) is 2.85. The molecule has 2 aromatic rings. The summed E-state index contributed by atoms with van der Waals surface area (Å²) in [6.07, 6.45) is 0. The Hall–Kier alpha value is -1.89. The lowest BCUT2D eigenvalue weighted by Crippen LogP contribution is -2.03. The minimum atomic E-state index is 0.456. The van der Waals surface area contributed by atoms with Crippen LogP contribution in [0, 0.1) is 11.3 Å². The van der Waals surface area contributed by atoms with Crippen LogP contribution in [0.5, 0.6) is 5.75 Å². The maximum atomic E-state index is 8.90. The Labute approximate surface area is 127 Å². The molecule has 2 aromatic carbocycles. The highest BCUT2D eigenvalue weighted by molar-refractivity contribution is 6.33. The molecule has 5 heteroatoms. The Kier molecular flexibility index (Phi) is 4.73. The van der Waals surface area contributed by atoms with Crippen molar-refractivity contribution in [2.24, 2.45) is 0 Å². The fraction of sp³-hybridized carbons (Fsp3) is 0.133. The van der Waals surface area contributed by atoms with Crippen molar-refractivity contribution in [2.75, 3.05) is 12.4 Å². The third-order valence-corrected chi connectivity index (χ3v) is 3.53. The molecule has 0 bridgehead atoms. The monoisotopic (exact) mass is 306 g/mol. The zero-order valence-electron chi connectivity index (χ0n) is 10.8. The van der Waals surface area contributed by atoms with E-state index in [0.29, 0.717) is 33.6 Å². The van der Waals surface area contributed by atoms with Crippen LogP contribution in [-0.2, 0) is 6.54 Å². The van der Waals surface area contributed by atoms with Crippen LogP contribution in [0.4, 0.5) is 5.69 Å². The van der Waals surface area contributed by atoms with E-state index in [2.05, 4.69) is 11.4 Å². The average Bonchev–Trinajstić information content (AvgIpc) is 2.47. The Morgan fingerprint density at radius 3 is 2.70 bits per heavy atom. The molecule has 0 saturated carbocycles. The smallest absolute Gasteiger partial charge is 0.125 e. The predicted molar refractivity (Wildman–Crippen MR) is 81.5 cm³/mol. The second-order valence-corrected chi connectivity index (χ2v) is 4.90. The number of nitriles is 1. The molecule has 0 aliphatic heterocycles. The van der Waals surface area contributed by atoms with Crippen molar-refractivity contribution in [1.29, 1.82) is 5.26 Å². The highest BCUT2D eigenvalue weighted by Gasteiger charge is 2.08. The van der Waals surface area contributed by atoms with Crippen LogP contribution in [0.3, 0.4) is 0 Å². The summed E-state index contributed by atoms with van der Waals surface area (Å²) in [4.78, 5) is 0. The number of benzene rings is 2. The van der Waals surface area contributed by atoms with E-state index in [9.17, 15) is 0 Å². The molecule has 102 valence electrons. The van der Waals surface area contributed by atoms with Crippen molar-refractivity contribution in [1.82, 2.24) is 0 Å². The standard InChI is InChI=1S/C15H12Cl2N2O/c1-20-15-4-2-3-12(16)11(15)9-19-14-7-10(8-18)5-6-13(14)17/h2-7,19H,9H2,1H3. The summed E-state index contributed by atoms with van der Waals surface area (Å²) < 4.78 is 5.28. The summed E-state index contributed by atoms with van der Waals surface area (Å²) in [5, 5.41) is 13.2. The lowest BCUT2D eigenvalue weighted by molar-refractivity contribution is 0.410. The van der Waals surface area contributed by atoms with Gasteiger partial charge >= 0.3 is 0 Å². The van der Waals surface area contributed by atoms with Crippen LogP contribution < -0.4 is 10.1 Å². The number of halogens is 2. The number of methoxy groups -OCH3 is 1. The maximum Gasteiger partial charge on any atom is 0.125 e. The Bertz CT molecular complexity index is 665. The molecule has 1 N–H and O–H groups in total. The fourth-order valence-electron chi connectivity index (χ4n) is 1.82. The third kappa shape index (κ3) is 3.16. The Morgan fingerprint density at radius 2 is 2.00 bits per heavy atom. The van der Waals surface area contributed by atoms with E-state index in [4.69, 9.17) is 33.2 Å². The van der Waals surface area contributed by atoms with E-state index < -0.39 is 0 Å². The van der Waals surface area contributed by atoms with E-state index in [-0.39, 0.29) is 0 Å². The Morgan fingerprint density at radius 1 is 1.20 bits per heavy atom. The highest BCUT2D eigenvalue weighted by atomic mass is 35.5. The van der Waals surface area contributed by atoms with Crippen LogP contribution in [0.2, 0.25) is 10.0 Å². The average molecular weight is 307 g/mol. The summed E-state index contributed by atoms with van der Waals surface area (Å²) in [7, 11) is 1.60. The largest absolute Gasteiger partial charge is 0.496 e. The van der Waals surface area contributed by atoms with Crippen molar-refractivity contribution in [3.05, 3.63) is 57.6 Å². The summed E-state index contributed by atoms with van der Waals surface area (Å²) in [6, 6.07) is 12.6. The number of ether oxygens (including phenoxy) is 1. The molecule has 0 spiro atoms. The molecule has 0 atom stereocenters. The van der Waals surface area contributed by atoms with Crippen LogP contribution in [0.25, 0.3) is 0 Å². The second-order valence-electron chi connectivity index (χ2n) is 4.08. The van der Waals surface area contributed by atoms with Gasteiger partial charge in [0.1, 0.15) is 5.75 Å². The minimum Gasteiger partial charge on any atom is -0.496 e. The lowest BCUT2D eigenvalue weighted by Gasteiger charge is -2.13. The molecular weight excluding hydrogens is 295 g/mol. The van der Waals surface area contributed by atoms with Gasteiger partial charge in [0.25, 0.3) is 0 Å². The first-order valence-corrected chi connectivity index (χ1v) is 6.66. The molecular formula is C15H12Cl2N2O. The SMILES string of the molecule is COc1cccc(Cl)c1CNc1cc(C#N)ccc1Cl. The molecule has 0 aromatic heterocycles. The first-order valence-electron chi connectivity index (χ1n) is 5.90. The van der Waals surface area contributed by atoms with Gasteiger partial charge in [-0.05, 0) is 30.3 Å². The van der Waals surface area contributed by atoms with Gasteiger partial charge in [-0.3, -0.25) is 0 Å². The van der Waals surface area contributed by atoms with Gasteiger partial charge in [0, 0.05) is 17.1 Å². The van der Waals surface area contributed by atoms with Crippen molar-refractivity contribution in [3.8, 4) is 11.8 Å². The van der Waals surface area contributed by atoms with Gasteiger partial charge in [0.05, 0.1) is 29.5 Å². The van der Waals surface area contributed by atoms with Crippen LogP contribution in [0.15, 0.2) is 36.4 Å². The van der Waals surface area contributed by atoms with E-state index in [0.717, 1.165) is 5.56 Å². The van der Waals surface area contributed by atoms with Gasteiger partial charge in [-0.1, -0.05) is 29.3 Å². The summed E-state index contributed by atoms with van der Waals surface area (Å²) in [5.74, 6) is 0.706. The summed E-state index contributed by atoms with van der Waals surface area (Å²) >= 11 is 12.3. The molecule has 0 heterocycles. The minimum absolute atomic E-state index is 0.456. The van der Waals surface area contributed by atoms with Gasteiger partial charge < -0.3 is 10.1 Å². The number of anilines is 1. The van der Waals surface area contributed by atoms with Gasteiger partial charge in [0.2, 0.25) is 0 Å². The second kappa shape index (κ2) is 6.51. The lowest BCUT2D eigenvalue weighted by atomic mass is 10.1. The van der Waals surface area contributed by atoms with Crippen LogP contribution in [-0.4, -0.2) is 7.11 Å². The summed E-state index contributed by atoms with van der Waals surface area (Å²) in [5.41, 5.74) is 2.07. The Balaban J connectivity index is 2.23. The van der Waals surface area contributed by atoms with Crippen molar-refractivity contribution in [3.63, 3.8) is 0 Å². The predicted octanol–water partition coefficient (Wildman–Crippen LogP) is 4.49. The van der Waals surface area contributed by atoms with Gasteiger partial charge in [-0.2, -0.15) is 5.26 Å². The quantitative estimate of drug-likeness (QED) is 0.905. The number of nitrogens with zero attached hydrogens (tertiary/aromatic N) is 1. The summed E-state index contributed by atoms with van der Waals surface area (Å²) in [6.45, 7) is 0.456. The first kappa shape index (κ1) is 14.5.